The van der Waals surface area contributed by atoms with Crippen LogP contribution >= 0.6 is 0 Å². The number of hydrogen-bond acceptors (Lipinski definition) is 6. The molecule has 0 aromatic heterocycles. The number of hydrogen-bond donors (Lipinski definition) is 2. The van der Waals surface area contributed by atoms with Gasteiger partial charge < -0.3 is 29.9 Å². The summed E-state index contributed by atoms with van der Waals surface area (Å²) in [5.74, 6) is 0.156. The van der Waals surface area contributed by atoms with Crippen molar-refractivity contribution in [3.63, 3.8) is 0 Å². The van der Waals surface area contributed by atoms with Gasteiger partial charge in [-0.05, 0) is 81.3 Å². The minimum atomic E-state index is -0.435. The van der Waals surface area contributed by atoms with Gasteiger partial charge in [-0.1, -0.05) is 31.2 Å². The molecule has 0 unspecified atom stereocenters. The van der Waals surface area contributed by atoms with E-state index >= 15 is 0 Å². The maximum atomic E-state index is 13.5. The van der Waals surface area contributed by atoms with Crippen molar-refractivity contribution in [3.8, 4) is 11.5 Å². The molecule has 3 amide bonds. The van der Waals surface area contributed by atoms with Gasteiger partial charge >= 0.3 is 0 Å². The minimum Gasteiger partial charge on any atom is -0.507 e. The molecule has 4 rings (SSSR count). The van der Waals surface area contributed by atoms with Gasteiger partial charge in [-0.2, -0.15) is 0 Å². The van der Waals surface area contributed by atoms with Gasteiger partial charge in [0, 0.05) is 50.4 Å². The van der Waals surface area contributed by atoms with E-state index in [2.05, 4.69) is 17.1 Å². The first-order valence-electron chi connectivity index (χ1n) is 15.1. The Bertz CT molecular complexity index is 1370. The van der Waals surface area contributed by atoms with Crippen molar-refractivity contribution in [2.75, 3.05) is 56.1 Å². The summed E-state index contributed by atoms with van der Waals surface area (Å²) < 4.78 is 6.11. The van der Waals surface area contributed by atoms with Crippen LogP contribution in [0.4, 0.5) is 11.4 Å². The smallest absolute Gasteiger partial charge is 0.259 e. The third-order valence-electron chi connectivity index (χ3n) is 7.72. The average Bonchev–Trinajstić information content (AvgIpc) is 3.04. The largest absolute Gasteiger partial charge is 0.507 e. The predicted molar refractivity (Wildman–Crippen MR) is 169 cm³/mol. The topological polar surface area (TPSA) is 102 Å². The van der Waals surface area contributed by atoms with Gasteiger partial charge in [0.25, 0.3) is 11.8 Å². The molecule has 2 N–H and O–H groups in total. The molecule has 1 aliphatic heterocycles. The number of nitrogens with zero attached hydrogens (tertiary/aromatic N) is 3. The van der Waals surface area contributed by atoms with Gasteiger partial charge in [0.2, 0.25) is 5.91 Å². The van der Waals surface area contributed by atoms with Crippen LogP contribution in [0.5, 0.6) is 11.5 Å². The summed E-state index contributed by atoms with van der Waals surface area (Å²) in [5.41, 5.74) is 1.84. The third kappa shape index (κ3) is 8.58. The maximum Gasteiger partial charge on any atom is 0.259 e. The van der Waals surface area contributed by atoms with Gasteiger partial charge in [-0.3, -0.25) is 14.4 Å². The number of carbonyl (C=O) groups is 3. The van der Waals surface area contributed by atoms with E-state index in [4.69, 9.17) is 4.74 Å². The number of likely N-dealkylation sites (N-methyl/N-ethyl adjacent to an activating group) is 1. The molecule has 0 atom stereocenters. The lowest BCUT2D eigenvalue weighted by molar-refractivity contribution is -0.133. The van der Waals surface area contributed by atoms with E-state index in [1.165, 1.54) is 6.07 Å². The Kier molecular flexibility index (Phi) is 11.6. The molecule has 1 fully saturated rings. The molecular formula is C34H42N4O5. The number of carbonyl (C=O) groups excluding carboxylic acids is 3. The van der Waals surface area contributed by atoms with Gasteiger partial charge in [-0.15, -0.1) is 0 Å². The fourth-order valence-electron chi connectivity index (χ4n) is 5.15. The van der Waals surface area contributed by atoms with Crippen molar-refractivity contribution in [3.05, 3.63) is 83.9 Å². The van der Waals surface area contributed by atoms with Crippen LogP contribution in [0.2, 0.25) is 0 Å². The highest BCUT2D eigenvalue weighted by Gasteiger charge is 2.21. The van der Waals surface area contributed by atoms with Crippen molar-refractivity contribution in [1.29, 1.82) is 0 Å². The number of piperazine rings is 1. The Morgan fingerprint density at radius 1 is 0.860 bits per heavy atom. The van der Waals surface area contributed by atoms with Crippen LogP contribution in [0.15, 0.2) is 72.8 Å². The highest BCUT2D eigenvalue weighted by Crippen LogP contribution is 2.30. The van der Waals surface area contributed by atoms with Crippen molar-refractivity contribution in [2.24, 2.45) is 0 Å². The first-order chi connectivity index (χ1) is 20.9. The van der Waals surface area contributed by atoms with E-state index < -0.39 is 5.91 Å². The van der Waals surface area contributed by atoms with Crippen molar-refractivity contribution in [2.45, 2.75) is 39.5 Å². The van der Waals surface area contributed by atoms with Crippen molar-refractivity contribution >= 4 is 29.1 Å². The number of amides is 3. The van der Waals surface area contributed by atoms with E-state index in [0.29, 0.717) is 42.3 Å². The van der Waals surface area contributed by atoms with Crippen LogP contribution in [0.3, 0.4) is 0 Å². The summed E-state index contributed by atoms with van der Waals surface area (Å²) in [7, 11) is 0. The number of unbranched alkanes of at least 4 members (excludes halogenated alkanes) is 2. The number of ether oxygens (including phenoxy) is 1. The molecule has 0 radical (unpaired) electrons. The van der Waals surface area contributed by atoms with Crippen LogP contribution in [0, 0.1) is 0 Å². The predicted octanol–water partition coefficient (Wildman–Crippen LogP) is 5.41. The van der Waals surface area contributed by atoms with Crippen LogP contribution in [0.1, 0.15) is 60.2 Å². The fourth-order valence-corrected chi connectivity index (χ4v) is 5.15. The molecule has 0 saturated carbocycles. The lowest BCUT2D eigenvalue weighted by Crippen LogP contribution is -2.48. The monoisotopic (exact) mass is 586 g/mol. The number of rotatable bonds is 13. The molecule has 0 spiro atoms. The highest BCUT2D eigenvalue weighted by atomic mass is 16.5. The minimum absolute atomic E-state index is 0.0991. The van der Waals surface area contributed by atoms with E-state index in [1.807, 2.05) is 36.1 Å². The molecular weight excluding hydrogens is 544 g/mol. The van der Waals surface area contributed by atoms with Gasteiger partial charge in [0.1, 0.15) is 11.5 Å². The molecule has 43 heavy (non-hydrogen) atoms. The summed E-state index contributed by atoms with van der Waals surface area (Å²) in [4.78, 5) is 44.5. The Hall–Kier alpha value is -4.37. The summed E-state index contributed by atoms with van der Waals surface area (Å²) in [6.45, 7) is 9.59. The molecule has 0 bridgehead atoms. The molecule has 1 aliphatic rings. The molecule has 3 aromatic rings. The molecule has 0 aliphatic carbocycles. The number of nitrogens with one attached hydrogen (secondary N) is 1. The van der Waals surface area contributed by atoms with Crippen LogP contribution < -0.4 is 15.0 Å². The lowest BCUT2D eigenvalue weighted by atomic mass is 10.1. The molecule has 1 heterocycles. The second-order valence-electron chi connectivity index (χ2n) is 10.5. The fraction of sp³-hybridized carbons (Fsp3) is 0.382. The van der Waals surface area contributed by atoms with Crippen LogP contribution in [-0.2, 0) is 4.79 Å². The average molecular weight is 587 g/mol. The lowest BCUT2D eigenvalue weighted by Gasteiger charge is -2.34. The van der Waals surface area contributed by atoms with Crippen LogP contribution in [0.25, 0.3) is 0 Å². The Balaban J connectivity index is 1.27. The van der Waals surface area contributed by atoms with E-state index in [0.717, 1.165) is 52.0 Å². The van der Waals surface area contributed by atoms with Gasteiger partial charge in [0.05, 0.1) is 17.9 Å². The number of aromatic hydroxyl groups is 1. The standard InChI is InChI=1S/C34H42N4O5/c1-3-36-21-23-37(24-22-36)32(40)16-6-5-11-25-43-31-15-10-8-13-29(31)38(4-2)34(42)26-17-19-27(20-18-26)35-33(41)28-12-7-9-14-30(28)39/h7-10,12-15,17-20,39H,3-6,11,16,21-25H2,1-2H3,(H,35,41). The first-order valence-corrected chi connectivity index (χ1v) is 15.1. The summed E-state index contributed by atoms with van der Waals surface area (Å²) >= 11 is 0. The van der Waals surface area contributed by atoms with Crippen molar-refractivity contribution < 1.29 is 24.2 Å². The Labute approximate surface area is 254 Å². The number of para-hydroxylation sites is 3. The van der Waals surface area contributed by atoms with Crippen LogP contribution in [-0.4, -0.2) is 78.5 Å². The quantitative estimate of drug-likeness (QED) is 0.260. The highest BCUT2D eigenvalue weighted by molar-refractivity contribution is 6.08. The molecule has 228 valence electrons. The number of phenols is 1. The number of anilines is 2. The molecule has 1 saturated heterocycles. The second kappa shape index (κ2) is 15.7. The zero-order chi connectivity index (χ0) is 30.6. The summed E-state index contributed by atoms with van der Waals surface area (Å²) in [5, 5.41) is 12.7. The molecule has 3 aromatic carbocycles. The second-order valence-corrected chi connectivity index (χ2v) is 10.5. The Morgan fingerprint density at radius 3 is 2.26 bits per heavy atom. The van der Waals surface area contributed by atoms with Gasteiger partial charge in [0.15, 0.2) is 0 Å². The number of phenolic OH excluding ortho intramolecular Hbond substituents is 1. The summed E-state index contributed by atoms with van der Waals surface area (Å²) in [6, 6.07) is 20.5. The van der Waals surface area contributed by atoms with Crippen molar-refractivity contribution in [1.82, 2.24) is 9.80 Å². The zero-order valence-electron chi connectivity index (χ0n) is 25.1. The first kappa shape index (κ1) is 31.6. The molecule has 9 nitrogen and oxygen atoms in total. The SMILES string of the molecule is CCN1CCN(C(=O)CCCCCOc2ccccc2N(CC)C(=O)c2ccc(NC(=O)c3ccccc3O)cc2)CC1. The zero-order valence-corrected chi connectivity index (χ0v) is 25.1. The Morgan fingerprint density at radius 2 is 1.56 bits per heavy atom. The third-order valence-corrected chi connectivity index (χ3v) is 7.72. The van der Waals surface area contributed by atoms with E-state index in [9.17, 15) is 19.5 Å². The summed E-state index contributed by atoms with van der Waals surface area (Å²) in [6.07, 6.45) is 3.11. The number of benzene rings is 3. The van der Waals surface area contributed by atoms with Gasteiger partial charge in [-0.25, -0.2) is 0 Å². The van der Waals surface area contributed by atoms with E-state index in [-0.39, 0.29) is 23.1 Å². The van der Waals surface area contributed by atoms with E-state index in [1.54, 1.807) is 47.4 Å². The normalized spacial score (nSPS) is 13.4. The maximum absolute atomic E-state index is 13.5. The molecule has 9 heteroatoms.